The first kappa shape index (κ1) is 70.8. The Balaban J connectivity index is 2.20. The normalized spacial score (nSPS) is 24.4. The number of aliphatic imine (C=N–C) groups is 1. The van der Waals surface area contributed by atoms with Crippen molar-refractivity contribution in [3.8, 4) is 0 Å². The fourth-order valence-corrected chi connectivity index (χ4v) is 8.35. The Morgan fingerprint density at radius 2 is 1.12 bits per heavy atom. The zero-order valence-electron chi connectivity index (χ0n) is 51.9. The van der Waals surface area contributed by atoms with Gasteiger partial charge in [0.15, 0.2) is 6.29 Å². The van der Waals surface area contributed by atoms with Gasteiger partial charge in [-0.05, 0) is 176 Å². The minimum absolute atomic E-state index is 0.0184. The quantitative estimate of drug-likeness (QED) is 0.0351. The molecule has 10 atom stereocenters. The van der Waals surface area contributed by atoms with Crippen LogP contribution in [0.25, 0.3) is 0 Å². The highest BCUT2D eigenvalue weighted by Crippen LogP contribution is 2.33. The van der Waals surface area contributed by atoms with Gasteiger partial charge in [0.05, 0.1) is 37.9 Å². The summed E-state index contributed by atoms with van der Waals surface area (Å²) in [7, 11) is 1.39. The summed E-state index contributed by atoms with van der Waals surface area (Å²) in [4.78, 5) is 85.6. The van der Waals surface area contributed by atoms with Gasteiger partial charge in [-0.1, -0.05) is 0 Å². The minimum Gasteiger partial charge on any atom is -0.466 e. The van der Waals surface area contributed by atoms with E-state index in [0.717, 1.165) is 4.90 Å². The van der Waals surface area contributed by atoms with Gasteiger partial charge in [-0.15, -0.1) is 0 Å². The van der Waals surface area contributed by atoms with E-state index in [0.29, 0.717) is 25.1 Å². The van der Waals surface area contributed by atoms with Crippen molar-refractivity contribution in [2.45, 2.75) is 258 Å². The van der Waals surface area contributed by atoms with Crippen molar-refractivity contribution in [2.75, 3.05) is 33.4 Å². The van der Waals surface area contributed by atoms with Crippen LogP contribution in [0.1, 0.15) is 157 Å². The van der Waals surface area contributed by atoms with Crippen LogP contribution in [0.15, 0.2) is 16.8 Å². The van der Waals surface area contributed by atoms with Crippen molar-refractivity contribution >= 4 is 42.5 Å². The van der Waals surface area contributed by atoms with Gasteiger partial charge in [0.2, 0.25) is 12.2 Å². The number of carbonyl (C=O) groups excluding carboxylic acids is 6. The molecular formula is C55H98N8O19. The number of likely N-dealkylation sites (N-methyl/N-ethyl adjacent to an activating group) is 1. The number of aliphatic hydroxyl groups excluding tert-OH is 3. The van der Waals surface area contributed by atoms with Crippen LogP contribution < -0.4 is 31.9 Å². The smallest absolute Gasteiger partial charge is 0.414 e. The molecule has 0 spiro atoms. The molecule has 0 radical (unpaired) electrons. The maximum atomic E-state index is 13.8. The molecule has 0 saturated heterocycles. The van der Waals surface area contributed by atoms with Gasteiger partial charge in [-0.2, -0.15) is 0 Å². The number of hydrogen-bond acceptors (Lipinski definition) is 21. The fraction of sp³-hybridized carbons (Fsp3) is 0.836. The summed E-state index contributed by atoms with van der Waals surface area (Å²) in [6.07, 6.45) is -12.5. The van der Waals surface area contributed by atoms with Crippen LogP contribution in [-0.2, 0) is 47.4 Å². The largest absolute Gasteiger partial charge is 0.466 e. The van der Waals surface area contributed by atoms with Gasteiger partial charge in [-0.3, -0.25) is 10.6 Å². The number of hydrogen-bond donors (Lipinski definition) is 9. The Bertz CT molecular complexity index is 2150. The predicted octanol–water partition coefficient (Wildman–Crippen LogP) is 5.56. The van der Waals surface area contributed by atoms with Gasteiger partial charge in [0, 0.05) is 13.1 Å². The Kier molecular flexibility index (Phi) is 25.4. The lowest BCUT2D eigenvalue weighted by Gasteiger charge is -2.47. The Morgan fingerprint density at radius 3 is 1.59 bits per heavy atom. The van der Waals surface area contributed by atoms with Crippen LogP contribution in [0.3, 0.4) is 0 Å². The SMILES string of the molecule is C[C@@H]([C@@H](O)[C@H](OCCO)O[C@@H]1[C@@H](O)[C@H](O[C@H]2OC(CNCC3CC(NC(=O)OC(C)(C)C)C3)=CC[C@H]2N=C(NC(=O)OC(C)(C)C)NC(=O)OC(C)(C)C)[C@@H](NC(=O)OC(C)(C)C)C[C@H]1NC(=O)OC(C)(C)C)N(C)C(=O)OC(C)(C)C. The number of alkyl carbamates (subject to hydrolysis) is 5. The third kappa shape index (κ3) is 26.4. The van der Waals surface area contributed by atoms with Gasteiger partial charge < -0.3 is 88.9 Å². The van der Waals surface area contributed by atoms with Crippen LogP contribution in [-0.4, -0.2) is 197 Å². The zero-order valence-corrected chi connectivity index (χ0v) is 51.9. The third-order valence-electron chi connectivity index (χ3n) is 11.8. The molecule has 3 aliphatic rings. The third-order valence-corrected chi connectivity index (χ3v) is 11.8. The van der Waals surface area contributed by atoms with Crippen molar-refractivity contribution < 1.29 is 91.5 Å². The first-order valence-electron chi connectivity index (χ1n) is 27.9. The average Bonchev–Trinajstić information content (AvgIpc) is 3.32. The molecule has 27 heteroatoms. The van der Waals surface area contributed by atoms with Crippen LogP contribution in [0.2, 0.25) is 0 Å². The summed E-state index contributed by atoms with van der Waals surface area (Å²) in [6, 6.07) is -4.91. The second-order valence-corrected chi connectivity index (χ2v) is 26.7. The Morgan fingerprint density at radius 1 is 0.671 bits per heavy atom. The summed E-state index contributed by atoms with van der Waals surface area (Å²) in [5, 5.41) is 51.5. The maximum absolute atomic E-state index is 13.8. The van der Waals surface area contributed by atoms with Crippen molar-refractivity contribution in [2.24, 2.45) is 10.9 Å². The molecule has 0 unspecified atom stereocenters. The Labute approximate surface area is 483 Å². The lowest BCUT2D eigenvalue weighted by molar-refractivity contribution is -0.275. The molecule has 2 fully saturated rings. The average molecular weight is 1180 g/mol. The van der Waals surface area contributed by atoms with E-state index in [1.165, 1.54) is 14.0 Å². The van der Waals surface area contributed by atoms with Crippen LogP contribution >= 0.6 is 0 Å². The number of guanidine groups is 1. The molecule has 3 rings (SSSR count). The molecule has 1 heterocycles. The molecule has 6 amide bonds. The molecule has 27 nitrogen and oxygen atoms in total. The number of nitrogens with one attached hydrogen (secondary N) is 6. The highest BCUT2D eigenvalue weighted by molar-refractivity contribution is 6.01. The van der Waals surface area contributed by atoms with Gasteiger partial charge in [0.1, 0.15) is 69.8 Å². The fourth-order valence-electron chi connectivity index (χ4n) is 8.35. The van der Waals surface area contributed by atoms with Gasteiger partial charge in [-0.25, -0.2) is 33.8 Å². The standard InChI is InChI=1S/C55H98N8O19/c1-30(63(20)49(72)82-55(17,18)19)37(65)42(73-24-23-64)76-40-36(60-46(69)79-52(8,9)10)27-35(59-45(68)78-51(5,6)7)39(38(40)66)75-41-34(58-43(61-47(70)80-53(11,12)13)62-48(71)81-54(14,15)16)22-21-33(74-41)29-56-28-31-25-32(26-31)57-44(67)77-50(2,3)4/h21,30-32,34-42,56,64-66H,22-29H2,1-20H3,(H,57,67)(H,59,68)(H,60,69)(H2,58,61,62,70,71)/t30-,31?,32?,34+,35-,36+,37+,38-,39+,40-,41+,42+/m0/s1. The maximum Gasteiger partial charge on any atom is 0.414 e. The zero-order chi connectivity index (χ0) is 62.5. The molecular weight excluding hydrogens is 1080 g/mol. The highest BCUT2D eigenvalue weighted by Gasteiger charge is 2.51. The van der Waals surface area contributed by atoms with Crippen molar-refractivity contribution in [3.05, 3.63) is 11.8 Å². The lowest BCUT2D eigenvalue weighted by atomic mass is 9.80. The minimum atomic E-state index is -1.92. The molecule has 472 valence electrons. The van der Waals surface area contributed by atoms with Gasteiger partial charge >= 0.3 is 36.6 Å². The van der Waals surface area contributed by atoms with Crippen molar-refractivity contribution in [3.63, 3.8) is 0 Å². The number of aliphatic hydroxyl groups is 3. The number of rotatable bonds is 18. The molecule has 2 aliphatic carbocycles. The molecule has 9 N–H and O–H groups in total. The van der Waals surface area contributed by atoms with Crippen LogP contribution in [0, 0.1) is 5.92 Å². The second kappa shape index (κ2) is 29.4. The molecule has 0 aromatic carbocycles. The number of amides is 6. The number of ether oxygens (including phenoxy) is 10. The van der Waals surface area contributed by atoms with E-state index in [1.807, 2.05) is 0 Å². The lowest BCUT2D eigenvalue weighted by Crippen LogP contribution is -2.68. The number of carbonyl (C=O) groups is 6. The van der Waals surface area contributed by atoms with E-state index in [4.69, 9.17) is 52.4 Å². The first-order chi connectivity index (χ1) is 37.4. The summed E-state index contributed by atoms with van der Waals surface area (Å²) < 4.78 is 58.9. The summed E-state index contributed by atoms with van der Waals surface area (Å²) in [6.45, 7) is 31.3. The van der Waals surface area contributed by atoms with E-state index in [9.17, 15) is 44.1 Å². The molecule has 1 aliphatic heterocycles. The van der Waals surface area contributed by atoms with Crippen molar-refractivity contribution in [1.29, 1.82) is 0 Å². The Hall–Kier alpha value is -5.45. The molecule has 82 heavy (non-hydrogen) atoms. The van der Waals surface area contributed by atoms with Crippen LogP contribution in [0.4, 0.5) is 28.8 Å². The van der Waals surface area contributed by atoms with E-state index >= 15 is 0 Å². The van der Waals surface area contributed by atoms with E-state index in [-0.39, 0.29) is 31.3 Å². The van der Waals surface area contributed by atoms with Gasteiger partial charge in [0.25, 0.3) is 0 Å². The topological polar surface area (TPSA) is 343 Å². The monoisotopic (exact) mass is 1170 g/mol. The molecule has 0 aromatic heterocycles. The predicted molar refractivity (Wildman–Crippen MR) is 299 cm³/mol. The summed E-state index contributed by atoms with van der Waals surface area (Å²) in [5.74, 6) is 0.109. The van der Waals surface area contributed by atoms with E-state index in [2.05, 4.69) is 31.9 Å². The summed E-state index contributed by atoms with van der Waals surface area (Å²) in [5.41, 5.74) is -5.54. The highest BCUT2D eigenvalue weighted by atomic mass is 16.7. The van der Waals surface area contributed by atoms with E-state index in [1.54, 1.807) is 131 Å². The first-order valence-corrected chi connectivity index (χ1v) is 27.9. The molecule has 2 saturated carbocycles. The molecule has 0 aromatic rings. The molecule has 0 bridgehead atoms. The summed E-state index contributed by atoms with van der Waals surface area (Å²) >= 11 is 0. The van der Waals surface area contributed by atoms with Crippen molar-refractivity contribution in [1.82, 2.24) is 36.8 Å². The van der Waals surface area contributed by atoms with Crippen LogP contribution in [0.5, 0.6) is 0 Å². The van der Waals surface area contributed by atoms with E-state index < -0.39 is 151 Å². The second-order valence-electron chi connectivity index (χ2n) is 26.7. The number of nitrogens with zero attached hydrogens (tertiary/aromatic N) is 2.